The fourth-order valence-corrected chi connectivity index (χ4v) is 3.22. The van der Waals surface area contributed by atoms with Crippen molar-refractivity contribution in [1.82, 2.24) is 15.1 Å². The molecule has 1 saturated heterocycles. The standard InChI is InChI=1S/C20H25N5O4/c1-28-15-9-13(10-16(11-15)29-2)3-4-17-18(19(21)27)20(23-7-8-26)25(24-17)14-5-6-22-12-14/h9-11,14,22-23,26H,5-8,12H2,1-2H3,(H2,21,27)/t14-/m0/s1. The second-order valence-electron chi connectivity index (χ2n) is 6.53. The summed E-state index contributed by atoms with van der Waals surface area (Å²) >= 11 is 0. The lowest BCUT2D eigenvalue weighted by Crippen LogP contribution is -2.21. The number of methoxy groups -OCH3 is 2. The molecule has 0 spiro atoms. The number of nitrogens with zero attached hydrogens (tertiary/aromatic N) is 2. The molecule has 0 saturated carbocycles. The van der Waals surface area contributed by atoms with Crippen molar-refractivity contribution in [3.05, 3.63) is 35.0 Å². The summed E-state index contributed by atoms with van der Waals surface area (Å²) in [5.74, 6) is 7.03. The zero-order valence-corrected chi connectivity index (χ0v) is 16.5. The van der Waals surface area contributed by atoms with Crippen LogP contribution in [0.4, 0.5) is 5.82 Å². The lowest BCUT2D eigenvalue weighted by atomic mass is 10.1. The predicted octanol–water partition coefficient (Wildman–Crippen LogP) is 0.338. The van der Waals surface area contributed by atoms with Crippen molar-refractivity contribution in [3.8, 4) is 23.3 Å². The number of aromatic nitrogens is 2. The first-order valence-electron chi connectivity index (χ1n) is 9.30. The summed E-state index contributed by atoms with van der Waals surface area (Å²) in [6.45, 7) is 1.77. The van der Waals surface area contributed by atoms with Crippen molar-refractivity contribution >= 4 is 11.7 Å². The van der Waals surface area contributed by atoms with Crippen LogP contribution in [0, 0.1) is 11.8 Å². The third kappa shape index (κ3) is 4.62. The van der Waals surface area contributed by atoms with Gasteiger partial charge >= 0.3 is 0 Å². The molecule has 0 radical (unpaired) electrons. The van der Waals surface area contributed by atoms with E-state index in [4.69, 9.17) is 15.2 Å². The molecule has 1 amide bonds. The monoisotopic (exact) mass is 399 g/mol. The summed E-state index contributed by atoms with van der Waals surface area (Å²) in [5, 5.41) is 20.1. The highest BCUT2D eigenvalue weighted by Gasteiger charge is 2.27. The molecule has 0 aliphatic carbocycles. The summed E-state index contributed by atoms with van der Waals surface area (Å²) < 4.78 is 12.3. The third-order valence-electron chi connectivity index (χ3n) is 4.62. The van der Waals surface area contributed by atoms with E-state index < -0.39 is 5.91 Å². The Morgan fingerprint density at radius 3 is 2.62 bits per heavy atom. The number of nitrogens with one attached hydrogen (secondary N) is 2. The highest BCUT2D eigenvalue weighted by atomic mass is 16.5. The van der Waals surface area contributed by atoms with E-state index in [9.17, 15) is 9.90 Å². The molecule has 0 bridgehead atoms. The van der Waals surface area contributed by atoms with E-state index in [2.05, 4.69) is 27.6 Å². The highest BCUT2D eigenvalue weighted by molar-refractivity contribution is 6.00. The molecule has 29 heavy (non-hydrogen) atoms. The van der Waals surface area contributed by atoms with Crippen molar-refractivity contribution in [1.29, 1.82) is 0 Å². The molecular formula is C20H25N5O4. The molecule has 2 aromatic rings. The third-order valence-corrected chi connectivity index (χ3v) is 4.62. The average Bonchev–Trinajstić information content (AvgIpc) is 3.37. The summed E-state index contributed by atoms with van der Waals surface area (Å²) in [5.41, 5.74) is 6.79. The molecule has 1 aromatic heterocycles. The highest BCUT2D eigenvalue weighted by Crippen LogP contribution is 2.27. The largest absolute Gasteiger partial charge is 0.497 e. The van der Waals surface area contributed by atoms with Crippen LogP contribution in [0.2, 0.25) is 0 Å². The van der Waals surface area contributed by atoms with Crippen molar-refractivity contribution < 1.29 is 19.4 Å². The molecule has 2 heterocycles. The Kier molecular flexibility index (Phi) is 6.59. The molecule has 0 unspecified atom stereocenters. The zero-order chi connectivity index (χ0) is 20.8. The fourth-order valence-electron chi connectivity index (χ4n) is 3.22. The minimum atomic E-state index is -0.629. The topological polar surface area (TPSA) is 124 Å². The molecule has 154 valence electrons. The van der Waals surface area contributed by atoms with Gasteiger partial charge in [-0.2, -0.15) is 5.10 Å². The normalized spacial score (nSPS) is 15.5. The van der Waals surface area contributed by atoms with Gasteiger partial charge in [0.1, 0.15) is 22.9 Å². The van der Waals surface area contributed by atoms with Crippen LogP contribution >= 0.6 is 0 Å². The van der Waals surface area contributed by atoms with Crippen molar-refractivity contribution in [2.45, 2.75) is 12.5 Å². The first-order chi connectivity index (χ1) is 14.1. The van der Waals surface area contributed by atoms with Crippen LogP contribution in [0.25, 0.3) is 0 Å². The Hall–Kier alpha value is -3.22. The first-order valence-corrected chi connectivity index (χ1v) is 9.30. The molecule has 1 aliphatic heterocycles. The number of aliphatic hydroxyl groups is 1. The van der Waals surface area contributed by atoms with Crippen molar-refractivity contribution in [3.63, 3.8) is 0 Å². The van der Waals surface area contributed by atoms with Crippen LogP contribution in [-0.4, -0.2) is 61.3 Å². The number of anilines is 1. The Morgan fingerprint density at radius 1 is 1.34 bits per heavy atom. The molecule has 1 atom stereocenters. The number of carbonyl (C=O) groups excluding carboxylic acids is 1. The van der Waals surface area contributed by atoms with E-state index in [0.717, 1.165) is 19.5 Å². The molecule has 5 N–H and O–H groups in total. The fraction of sp³-hybridized carbons (Fsp3) is 0.400. The Labute approximate surface area is 169 Å². The van der Waals surface area contributed by atoms with Gasteiger partial charge < -0.3 is 30.9 Å². The number of benzene rings is 1. The Balaban J connectivity index is 2.05. The smallest absolute Gasteiger partial charge is 0.255 e. The van der Waals surface area contributed by atoms with Gasteiger partial charge in [0.2, 0.25) is 0 Å². The first kappa shape index (κ1) is 20.5. The molecule has 1 aromatic carbocycles. The maximum atomic E-state index is 12.2. The number of amides is 1. The Morgan fingerprint density at radius 2 is 2.07 bits per heavy atom. The molecule has 1 aliphatic rings. The van der Waals surface area contributed by atoms with Gasteiger partial charge in [-0.1, -0.05) is 5.92 Å². The zero-order valence-electron chi connectivity index (χ0n) is 16.5. The van der Waals surface area contributed by atoms with E-state index in [0.29, 0.717) is 22.9 Å². The van der Waals surface area contributed by atoms with E-state index in [1.54, 1.807) is 37.1 Å². The maximum absolute atomic E-state index is 12.2. The number of carbonyl (C=O) groups is 1. The van der Waals surface area contributed by atoms with Gasteiger partial charge in [-0.3, -0.25) is 4.79 Å². The van der Waals surface area contributed by atoms with Gasteiger partial charge in [0.05, 0.1) is 26.9 Å². The lowest BCUT2D eigenvalue weighted by Gasteiger charge is -2.15. The number of hydrogen-bond donors (Lipinski definition) is 4. The number of nitrogens with two attached hydrogens (primary N) is 1. The number of primary amides is 1. The SMILES string of the molecule is COc1cc(C#Cc2nn([C@H]3CCNC3)c(NCCO)c2C(N)=O)cc(OC)c1. The van der Waals surface area contributed by atoms with E-state index in [-0.39, 0.29) is 30.5 Å². The molecule has 9 heteroatoms. The summed E-state index contributed by atoms with van der Waals surface area (Å²) in [7, 11) is 3.13. The van der Waals surface area contributed by atoms with Crippen LogP contribution in [0.15, 0.2) is 18.2 Å². The van der Waals surface area contributed by atoms with E-state index >= 15 is 0 Å². The predicted molar refractivity (Wildman–Crippen MR) is 108 cm³/mol. The minimum absolute atomic E-state index is 0.0711. The van der Waals surface area contributed by atoms with Gasteiger partial charge in [0.25, 0.3) is 5.91 Å². The van der Waals surface area contributed by atoms with Gasteiger partial charge in [-0.05, 0) is 31.0 Å². The van der Waals surface area contributed by atoms with Crippen LogP contribution in [0.3, 0.4) is 0 Å². The number of rotatable bonds is 7. The van der Waals surface area contributed by atoms with Crippen LogP contribution in [-0.2, 0) is 0 Å². The number of ether oxygens (including phenoxy) is 2. The van der Waals surface area contributed by atoms with Crippen LogP contribution < -0.4 is 25.8 Å². The quantitative estimate of drug-likeness (QED) is 0.495. The summed E-state index contributed by atoms with van der Waals surface area (Å²) in [6.07, 6.45) is 0.869. The van der Waals surface area contributed by atoms with Gasteiger partial charge in [-0.25, -0.2) is 4.68 Å². The summed E-state index contributed by atoms with van der Waals surface area (Å²) in [6, 6.07) is 5.35. The second-order valence-corrected chi connectivity index (χ2v) is 6.53. The average molecular weight is 399 g/mol. The molecule has 9 nitrogen and oxygen atoms in total. The van der Waals surface area contributed by atoms with Crippen LogP contribution in [0.1, 0.15) is 34.1 Å². The Bertz CT molecular complexity index is 916. The van der Waals surface area contributed by atoms with Crippen molar-refractivity contribution in [2.75, 3.05) is 45.8 Å². The van der Waals surface area contributed by atoms with Crippen molar-refractivity contribution in [2.24, 2.45) is 5.73 Å². The minimum Gasteiger partial charge on any atom is -0.497 e. The number of aliphatic hydroxyl groups excluding tert-OH is 1. The second kappa shape index (κ2) is 9.32. The maximum Gasteiger partial charge on any atom is 0.255 e. The van der Waals surface area contributed by atoms with E-state index in [1.165, 1.54) is 0 Å². The molecule has 1 fully saturated rings. The van der Waals surface area contributed by atoms with E-state index in [1.807, 2.05) is 0 Å². The van der Waals surface area contributed by atoms with Gasteiger partial charge in [0.15, 0.2) is 5.69 Å². The molecular weight excluding hydrogens is 374 g/mol. The lowest BCUT2D eigenvalue weighted by molar-refractivity contribution is 0.100. The van der Waals surface area contributed by atoms with Crippen LogP contribution in [0.5, 0.6) is 11.5 Å². The van der Waals surface area contributed by atoms with Gasteiger partial charge in [-0.15, -0.1) is 0 Å². The van der Waals surface area contributed by atoms with Gasteiger partial charge in [0, 0.05) is 24.7 Å². The number of hydrogen-bond acceptors (Lipinski definition) is 7. The summed E-state index contributed by atoms with van der Waals surface area (Å²) in [4.78, 5) is 12.2. The molecule has 3 rings (SSSR count).